The van der Waals surface area contributed by atoms with Crippen LogP contribution in [-0.4, -0.2) is 45.8 Å². The number of hydrogen-bond donors (Lipinski definition) is 1. The summed E-state index contributed by atoms with van der Waals surface area (Å²) < 4.78 is 5.91. The van der Waals surface area contributed by atoms with Crippen LogP contribution in [0.3, 0.4) is 0 Å². The van der Waals surface area contributed by atoms with Crippen molar-refractivity contribution in [2.24, 2.45) is 0 Å². The summed E-state index contributed by atoms with van der Waals surface area (Å²) in [6.45, 7) is 9.12. The summed E-state index contributed by atoms with van der Waals surface area (Å²) in [5.41, 5.74) is 0.959. The van der Waals surface area contributed by atoms with Gasteiger partial charge in [0.05, 0.1) is 12.3 Å². The van der Waals surface area contributed by atoms with E-state index in [2.05, 4.69) is 41.2 Å². The van der Waals surface area contributed by atoms with Gasteiger partial charge in [0.25, 0.3) is 0 Å². The molecule has 6 nitrogen and oxygen atoms in total. The number of aryl methyl sites for hydroxylation is 1. The predicted octanol–water partition coefficient (Wildman–Crippen LogP) is 3.02. The summed E-state index contributed by atoms with van der Waals surface area (Å²) in [5.74, 6) is 0.784. The van der Waals surface area contributed by atoms with E-state index in [0.717, 1.165) is 47.8 Å². The summed E-state index contributed by atoms with van der Waals surface area (Å²) >= 11 is 1.56. The van der Waals surface area contributed by atoms with E-state index in [1.807, 2.05) is 18.2 Å². The van der Waals surface area contributed by atoms with Crippen LogP contribution in [-0.2, 0) is 11.2 Å². The molecule has 1 aliphatic heterocycles. The van der Waals surface area contributed by atoms with Gasteiger partial charge in [-0.25, -0.2) is 4.98 Å². The average molecular weight is 333 g/mol. The van der Waals surface area contributed by atoms with Crippen LogP contribution in [0.1, 0.15) is 37.6 Å². The number of nitrogens with zero attached hydrogens (tertiary/aromatic N) is 4. The Morgan fingerprint density at radius 1 is 1.39 bits per heavy atom. The molecule has 0 spiro atoms. The van der Waals surface area contributed by atoms with E-state index in [4.69, 9.17) is 9.72 Å². The van der Waals surface area contributed by atoms with Gasteiger partial charge in [0.1, 0.15) is 16.9 Å². The number of ether oxygens (including phenoxy) is 1. The lowest BCUT2D eigenvalue weighted by molar-refractivity contribution is -0.0420. The first-order valence-corrected chi connectivity index (χ1v) is 8.89. The Hall–Kier alpha value is -1.57. The first-order chi connectivity index (χ1) is 11.2. The molecule has 3 heterocycles. The Bertz CT molecular complexity index is 645. The van der Waals surface area contributed by atoms with Crippen LogP contribution in [0, 0.1) is 0 Å². The van der Waals surface area contributed by atoms with Gasteiger partial charge in [-0.3, -0.25) is 4.90 Å². The molecule has 0 aliphatic carbocycles. The number of hydrogen-bond acceptors (Lipinski definition) is 7. The lowest BCUT2D eigenvalue weighted by Gasteiger charge is -2.35. The Labute approximate surface area is 140 Å². The minimum absolute atomic E-state index is 0.0218. The SMILES string of the molecule is CCc1nnc(Nc2cccc([C@H]3CN(C(C)C)CCO3)n2)s1. The molecule has 1 atom stereocenters. The van der Waals surface area contributed by atoms with Crippen LogP contribution in [0.4, 0.5) is 10.9 Å². The van der Waals surface area contributed by atoms with Gasteiger partial charge in [0.15, 0.2) is 0 Å². The lowest BCUT2D eigenvalue weighted by Crippen LogP contribution is -2.42. The zero-order valence-electron chi connectivity index (χ0n) is 13.8. The number of anilines is 2. The molecule has 0 bridgehead atoms. The molecule has 23 heavy (non-hydrogen) atoms. The summed E-state index contributed by atoms with van der Waals surface area (Å²) in [5, 5.41) is 13.3. The number of rotatable bonds is 5. The van der Waals surface area contributed by atoms with Crippen molar-refractivity contribution in [2.45, 2.75) is 39.3 Å². The quantitative estimate of drug-likeness (QED) is 0.907. The maximum atomic E-state index is 5.91. The van der Waals surface area contributed by atoms with Crippen LogP contribution >= 0.6 is 11.3 Å². The molecule has 0 unspecified atom stereocenters. The Morgan fingerprint density at radius 3 is 3.00 bits per heavy atom. The molecule has 2 aromatic heterocycles. The van der Waals surface area contributed by atoms with Gasteiger partial charge >= 0.3 is 0 Å². The van der Waals surface area contributed by atoms with E-state index in [-0.39, 0.29) is 6.10 Å². The van der Waals surface area contributed by atoms with Gasteiger partial charge in [-0.05, 0) is 32.4 Å². The van der Waals surface area contributed by atoms with E-state index >= 15 is 0 Å². The minimum Gasteiger partial charge on any atom is -0.369 e. The maximum absolute atomic E-state index is 5.91. The zero-order valence-corrected chi connectivity index (χ0v) is 14.6. The normalized spacial score (nSPS) is 19.2. The van der Waals surface area contributed by atoms with Gasteiger partial charge in [-0.1, -0.05) is 24.3 Å². The molecule has 0 radical (unpaired) electrons. The second-order valence-corrected chi connectivity index (χ2v) is 6.94. The van der Waals surface area contributed by atoms with Gasteiger partial charge in [-0.15, -0.1) is 10.2 Å². The highest BCUT2D eigenvalue weighted by Gasteiger charge is 2.24. The van der Waals surface area contributed by atoms with Crippen molar-refractivity contribution in [3.63, 3.8) is 0 Å². The van der Waals surface area contributed by atoms with Crippen molar-refractivity contribution < 1.29 is 4.74 Å². The highest BCUT2D eigenvalue weighted by Crippen LogP contribution is 2.25. The summed E-state index contributed by atoms with van der Waals surface area (Å²) in [4.78, 5) is 7.12. The van der Waals surface area contributed by atoms with Crippen molar-refractivity contribution in [1.82, 2.24) is 20.1 Å². The van der Waals surface area contributed by atoms with Crippen molar-refractivity contribution in [3.05, 3.63) is 28.9 Å². The fourth-order valence-electron chi connectivity index (χ4n) is 2.57. The largest absolute Gasteiger partial charge is 0.369 e. The standard InChI is InChI=1S/C16H23N5OS/c1-4-15-19-20-16(23-15)18-14-7-5-6-12(17-14)13-10-21(11(2)3)8-9-22-13/h5-7,11,13H,4,8-10H2,1-3H3,(H,17,18,20)/t13-/m1/s1. The fourth-order valence-corrected chi connectivity index (χ4v) is 3.26. The van der Waals surface area contributed by atoms with E-state index in [1.165, 1.54) is 0 Å². The molecular formula is C16H23N5OS. The number of morpholine rings is 1. The number of aromatic nitrogens is 3. The predicted molar refractivity (Wildman–Crippen MR) is 92.2 cm³/mol. The van der Waals surface area contributed by atoms with Crippen molar-refractivity contribution >= 4 is 22.3 Å². The van der Waals surface area contributed by atoms with Crippen molar-refractivity contribution in [1.29, 1.82) is 0 Å². The van der Waals surface area contributed by atoms with Gasteiger partial charge < -0.3 is 10.1 Å². The molecule has 1 N–H and O–H groups in total. The number of nitrogens with one attached hydrogen (secondary N) is 1. The Balaban J connectivity index is 1.71. The second kappa shape index (κ2) is 7.33. The third-order valence-electron chi connectivity index (χ3n) is 3.93. The van der Waals surface area contributed by atoms with Gasteiger partial charge in [-0.2, -0.15) is 0 Å². The highest BCUT2D eigenvalue weighted by atomic mass is 32.1. The Morgan fingerprint density at radius 2 is 2.26 bits per heavy atom. The third-order valence-corrected chi connectivity index (χ3v) is 4.92. The van der Waals surface area contributed by atoms with Crippen molar-refractivity contribution in [2.75, 3.05) is 25.0 Å². The molecule has 1 saturated heterocycles. The smallest absolute Gasteiger partial charge is 0.211 e. The zero-order chi connectivity index (χ0) is 16.2. The average Bonchev–Trinajstić information content (AvgIpc) is 3.03. The molecule has 2 aromatic rings. The van der Waals surface area contributed by atoms with Crippen LogP contribution in [0.15, 0.2) is 18.2 Å². The van der Waals surface area contributed by atoms with Crippen LogP contribution in [0.5, 0.6) is 0 Å². The molecular weight excluding hydrogens is 310 g/mol. The van der Waals surface area contributed by atoms with E-state index in [0.29, 0.717) is 6.04 Å². The lowest BCUT2D eigenvalue weighted by atomic mass is 10.1. The molecule has 0 aromatic carbocycles. The molecule has 1 aliphatic rings. The number of pyridine rings is 1. The molecule has 0 amide bonds. The molecule has 0 saturated carbocycles. The molecule has 124 valence electrons. The summed E-state index contributed by atoms with van der Waals surface area (Å²) in [7, 11) is 0. The highest BCUT2D eigenvalue weighted by molar-refractivity contribution is 7.15. The summed E-state index contributed by atoms with van der Waals surface area (Å²) in [6.07, 6.45) is 0.918. The van der Waals surface area contributed by atoms with Gasteiger partial charge in [0, 0.05) is 19.1 Å². The fraction of sp³-hybridized carbons (Fsp3) is 0.562. The molecule has 1 fully saturated rings. The van der Waals surface area contributed by atoms with Crippen LogP contribution < -0.4 is 5.32 Å². The van der Waals surface area contributed by atoms with E-state index in [9.17, 15) is 0 Å². The topological polar surface area (TPSA) is 63.2 Å². The first kappa shape index (κ1) is 16.3. The molecule has 3 rings (SSSR count). The Kier molecular flexibility index (Phi) is 5.20. The summed E-state index contributed by atoms with van der Waals surface area (Å²) in [6, 6.07) is 6.50. The van der Waals surface area contributed by atoms with E-state index < -0.39 is 0 Å². The first-order valence-electron chi connectivity index (χ1n) is 8.07. The van der Waals surface area contributed by atoms with Gasteiger partial charge in [0.2, 0.25) is 5.13 Å². The molecule has 7 heteroatoms. The van der Waals surface area contributed by atoms with Crippen LogP contribution in [0.25, 0.3) is 0 Å². The third kappa shape index (κ3) is 4.04. The minimum atomic E-state index is 0.0218. The van der Waals surface area contributed by atoms with E-state index in [1.54, 1.807) is 11.3 Å². The monoisotopic (exact) mass is 333 g/mol. The maximum Gasteiger partial charge on any atom is 0.211 e. The second-order valence-electron chi connectivity index (χ2n) is 5.88. The van der Waals surface area contributed by atoms with Crippen molar-refractivity contribution in [3.8, 4) is 0 Å². The van der Waals surface area contributed by atoms with Crippen LogP contribution in [0.2, 0.25) is 0 Å².